The third kappa shape index (κ3) is 3.57. The lowest BCUT2D eigenvalue weighted by molar-refractivity contribution is -0.0277. The molecule has 0 bridgehead atoms. The number of hydrogen-bond donors (Lipinski definition) is 1. The van der Waals surface area contributed by atoms with Crippen molar-refractivity contribution in [2.24, 2.45) is 0 Å². The first kappa shape index (κ1) is 17.2. The lowest BCUT2D eigenvalue weighted by Gasteiger charge is -2.41. The van der Waals surface area contributed by atoms with E-state index in [1.54, 1.807) is 7.11 Å². The molecule has 3 heteroatoms. The third-order valence-electron chi connectivity index (χ3n) is 5.39. The molecule has 1 aliphatic rings. The molecular formula is C21H29NO2. The van der Waals surface area contributed by atoms with Crippen molar-refractivity contribution in [2.75, 3.05) is 27.7 Å². The second kappa shape index (κ2) is 7.12. The van der Waals surface area contributed by atoms with Gasteiger partial charge in [-0.2, -0.15) is 0 Å². The van der Waals surface area contributed by atoms with Gasteiger partial charge < -0.3 is 14.7 Å². The minimum Gasteiger partial charge on any atom is -0.497 e. The Hall–Kier alpha value is -1.58. The highest BCUT2D eigenvalue weighted by Gasteiger charge is 2.38. The summed E-state index contributed by atoms with van der Waals surface area (Å²) < 4.78 is 5.32. The van der Waals surface area contributed by atoms with Crippen molar-refractivity contribution in [3.05, 3.63) is 42.0 Å². The summed E-state index contributed by atoms with van der Waals surface area (Å²) in [6, 6.07) is 12.8. The Kier molecular flexibility index (Phi) is 5.12. The van der Waals surface area contributed by atoms with Gasteiger partial charge in [0.25, 0.3) is 0 Å². The minimum atomic E-state index is -0.581. The SMILES string of the molecule is COc1ccc2cc(C(CN(C)C)C3(O)CCCCC3)ccc2c1. The zero-order valence-corrected chi connectivity index (χ0v) is 15.1. The molecule has 2 aromatic carbocycles. The maximum absolute atomic E-state index is 11.3. The number of rotatable bonds is 5. The quantitative estimate of drug-likeness (QED) is 0.894. The molecule has 0 amide bonds. The van der Waals surface area contributed by atoms with Crippen LogP contribution in [0.1, 0.15) is 43.6 Å². The standard InChI is InChI=1S/C21H29NO2/c1-22(2)15-20(21(23)11-5-4-6-12-21)18-8-7-17-14-19(24-3)10-9-16(17)13-18/h7-10,13-14,20,23H,4-6,11-12,15H2,1-3H3. The van der Waals surface area contributed by atoms with Crippen LogP contribution in [0.15, 0.2) is 36.4 Å². The second-order valence-corrected chi connectivity index (χ2v) is 7.45. The van der Waals surface area contributed by atoms with Crippen LogP contribution in [0.5, 0.6) is 5.75 Å². The fourth-order valence-electron chi connectivity index (χ4n) is 4.05. The van der Waals surface area contributed by atoms with Gasteiger partial charge in [0, 0.05) is 12.5 Å². The molecule has 1 atom stereocenters. The first-order valence-electron chi connectivity index (χ1n) is 8.97. The Morgan fingerprint density at radius 3 is 2.38 bits per heavy atom. The monoisotopic (exact) mass is 327 g/mol. The Morgan fingerprint density at radius 2 is 1.71 bits per heavy atom. The highest BCUT2D eigenvalue weighted by atomic mass is 16.5. The van der Waals surface area contributed by atoms with Crippen LogP contribution >= 0.6 is 0 Å². The molecule has 0 radical (unpaired) electrons. The predicted molar refractivity (Wildman–Crippen MR) is 99.8 cm³/mol. The first-order chi connectivity index (χ1) is 11.5. The van der Waals surface area contributed by atoms with E-state index < -0.39 is 5.60 Å². The second-order valence-electron chi connectivity index (χ2n) is 7.45. The Labute approximate surface area is 145 Å². The van der Waals surface area contributed by atoms with E-state index in [9.17, 15) is 5.11 Å². The van der Waals surface area contributed by atoms with Gasteiger partial charge in [0.1, 0.15) is 5.75 Å². The van der Waals surface area contributed by atoms with Gasteiger partial charge in [-0.3, -0.25) is 0 Å². The zero-order chi connectivity index (χ0) is 17.2. The van der Waals surface area contributed by atoms with Crippen molar-refractivity contribution < 1.29 is 9.84 Å². The van der Waals surface area contributed by atoms with Gasteiger partial charge in [-0.25, -0.2) is 0 Å². The van der Waals surface area contributed by atoms with Crippen molar-refractivity contribution in [2.45, 2.75) is 43.6 Å². The molecular weight excluding hydrogens is 298 g/mol. The van der Waals surface area contributed by atoms with Gasteiger partial charge in [-0.1, -0.05) is 43.5 Å². The van der Waals surface area contributed by atoms with E-state index in [1.165, 1.54) is 22.8 Å². The van der Waals surface area contributed by atoms with Gasteiger partial charge in [-0.15, -0.1) is 0 Å². The van der Waals surface area contributed by atoms with E-state index in [4.69, 9.17) is 4.74 Å². The summed E-state index contributed by atoms with van der Waals surface area (Å²) in [5, 5.41) is 13.7. The normalized spacial score (nSPS) is 18.7. The van der Waals surface area contributed by atoms with Gasteiger partial charge in [0.15, 0.2) is 0 Å². The summed E-state index contributed by atoms with van der Waals surface area (Å²) in [5.41, 5.74) is 0.661. The third-order valence-corrected chi connectivity index (χ3v) is 5.39. The van der Waals surface area contributed by atoms with Crippen LogP contribution in [-0.2, 0) is 0 Å². The molecule has 24 heavy (non-hydrogen) atoms. The number of aliphatic hydroxyl groups is 1. The van der Waals surface area contributed by atoms with E-state index in [-0.39, 0.29) is 5.92 Å². The molecule has 3 rings (SSSR count). The van der Waals surface area contributed by atoms with Crippen molar-refractivity contribution in [1.29, 1.82) is 0 Å². The summed E-state index contributed by atoms with van der Waals surface area (Å²) >= 11 is 0. The van der Waals surface area contributed by atoms with Crippen LogP contribution in [0.2, 0.25) is 0 Å². The first-order valence-corrected chi connectivity index (χ1v) is 8.97. The zero-order valence-electron chi connectivity index (χ0n) is 15.1. The maximum Gasteiger partial charge on any atom is 0.119 e. The summed E-state index contributed by atoms with van der Waals surface area (Å²) in [6.07, 6.45) is 5.32. The van der Waals surface area contributed by atoms with E-state index in [0.717, 1.165) is 38.0 Å². The molecule has 1 fully saturated rings. The van der Waals surface area contributed by atoms with Crippen molar-refractivity contribution in [3.63, 3.8) is 0 Å². The van der Waals surface area contributed by atoms with Gasteiger partial charge in [-0.05, 0) is 55.4 Å². The number of fused-ring (bicyclic) bond motifs is 1. The van der Waals surface area contributed by atoms with E-state index in [2.05, 4.69) is 49.3 Å². The maximum atomic E-state index is 11.3. The number of hydrogen-bond acceptors (Lipinski definition) is 3. The van der Waals surface area contributed by atoms with Crippen LogP contribution in [-0.4, -0.2) is 43.4 Å². The van der Waals surface area contributed by atoms with Crippen LogP contribution < -0.4 is 4.74 Å². The molecule has 1 unspecified atom stereocenters. The van der Waals surface area contributed by atoms with Crippen LogP contribution in [0.3, 0.4) is 0 Å². The lowest BCUT2D eigenvalue weighted by atomic mass is 9.72. The molecule has 0 saturated heterocycles. The number of benzene rings is 2. The Bertz CT molecular complexity index is 689. The Balaban J connectivity index is 1.98. The molecule has 0 spiro atoms. The number of likely N-dealkylation sites (N-methyl/N-ethyl adjacent to an activating group) is 1. The summed E-state index contributed by atoms with van der Waals surface area (Å²) in [5.74, 6) is 1.03. The van der Waals surface area contributed by atoms with Crippen molar-refractivity contribution >= 4 is 10.8 Å². The molecule has 1 aliphatic carbocycles. The fourth-order valence-corrected chi connectivity index (χ4v) is 4.05. The number of methoxy groups -OCH3 is 1. The average Bonchev–Trinajstić information content (AvgIpc) is 2.59. The molecule has 3 nitrogen and oxygen atoms in total. The van der Waals surface area contributed by atoms with Crippen LogP contribution in [0, 0.1) is 0 Å². The van der Waals surface area contributed by atoms with E-state index in [0.29, 0.717) is 0 Å². The topological polar surface area (TPSA) is 32.7 Å². The van der Waals surface area contributed by atoms with E-state index in [1.807, 2.05) is 6.07 Å². The Morgan fingerprint density at radius 1 is 1.04 bits per heavy atom. The lowest BCUT2D eigenvalue weighted by Crippen LogP contribution is -2.42. The molecule has 1 N–H and O–H groups in total. The predicted octanol–water partition coefficient (Wildman–Crippen LogP) is 4.19. The number of nitrogens with zero attached hydrogens (tertiary/aromatic N) is 1. The largest absolute Gasteiger partial charge is 0.497 e. The van der Waals surface area contributed by atoms with Crippen LogP contribution in [0.4, 0.5) is 0 Å². The molecule has 1 saturated carbocycles. The minimum absolute atomic E-state index is 0.152. The average molecular weight is 327 g/mol. The van der Waals surface area contributed by atoms with Gasteiger partial charge in [0.05, 0.1) is 12.7 Å². The van der Waals surface area contributed by atoms with Crippen LogP contribution in [0.25, 0.3) is 10.8 Å². The molecule has 0 heterocycles. The highest BCUT2D eigenvalue weighted by Crippen LogP contribution is 2.41. The highest BCUT2D eigenvalue weighted by molar-refractivity contribution is 5.84. The van der Waals surface area contributed by atoms with Gasteiger partial charge >= 0.3 is 0 Å². The van der Waals surface area contributed by atoms with Gasteiger partial charge in [0.2, 0.25) is 0 Å². The molecule has 130 valence electrons. The molecule has 0 aliphatic heterocycles. The summed E-state index contributed by atoms with van der Waals surface area (Å²) in [7, 11) is 5.87. The molecule has 2 aromatic rings. The van der Waals surface area contributed by atoms with Crippen molar-refractivity contribution in [1.82, 2.24) is 4.90 Å². The molecule has 0 aromatic heterocycles. The fraction of sp³-hybridized carbons (Fsp3) is 0.524. The van der Waals surface area contributed by atoms with Crippen molar-refractivity contribution in [3.8, 4) is 5.75 Å². The summed E-state index contributed by atoms with van der Waals surface area (Å²) in [6.45, 7) is 0.873. The number of ether oxygens (including phenoxy) is 1. The summed E-state index contributed by atoms with van der Waals surface area (Å²) in [4.78, 5) is 2.19. The smallest absolute Gasteiger partial charge is 0.119 e. The van der Waals surface area contributed by atoms with E-state index >= 15 is 0 Å².